The number of anilines is 1. The van der Waals surface area contributed by atoms with E-state index in [1.54, 1.807) is 27.7 Å². The lowest BCUT2D eigenvalue weighted by atomic mass is 9.89. The van der Waals surface area contributed by atoms with Crippen LogP contribution in [0.3, 0.4) is 0 Å². The predicted octanol–water partition coefficient (Wildman–Crippen LogP) is 3.37. The molecule has 1 atom stereocenters. The van der Waals surface area contributed by atoms with Crippen molar-refractivity contribution in [3.05, 3.63) is 60.0 Å². The van der Waals surface area contributed by atoms with Crippen molar-refractivity contribution in [2.75, 3.05) is 26.6 Å². The molecule has 2 heterocycles. The molecule has 0 fully saturated rings. The number of fused-ring (bicyclic) bond motifs is 1. The molecule has 3 aromatic rings. The maximum atomic E-state index is 12.5. The van der Waals surface area contributed by atoms with Crippen LogP contribution in [0.2, 0.25) is 0 Å². The Balaban J connectivity index is 1.86. The Morgan fingerprint density at radius 3 is 2.57 bits per heavy atom. The summed E-state index contributed by atoms with van der Waals surface area (Å²) in [5.41, 5.74) is 2.45. The fraction of sp³-hybridized carbons (Fsp3) is 0.238. The maximum Gasteiger partial charge on any atom is 0.226 e. The molecular formula is C21H21N3O4. The van der Waals surface area contributed by atoms with Gasteiger partial charge in [0.15, 0.2) is 0 Å². The third kappa shape index (κ3) is 2.94. The van der Waals surface area contributed by atoms with Gasteiger partial charge in [-0.1, -0.05) is 18.2 Å². The molecular weight excluding hydrogens is 358 g/mol. The monoisotopic (exact) mass is 379 g/mol. The quantitative estimate of drug-likeness (QED) is 0.736. The van der Waals surface area contributed by atoms with Crippen LogP contribution in [0.4, 0.5) is 5.82 Å². The molecule has 144 valence electrons. The highest BCUT2D eigenvalue weighted by Gasteiger charge is 2.33. The van der Waals surface area contributed by atoms with Gasteiger partial charge < -0.3 is 19.5 Å². The number of methoxy groups -OCH3 is 3. The lowest BCUT2D eigenvalue weighted by Crippen LogP contribution is -2.25. The largest absolute Gasteiger partial charge is 0.497 e. The Hall–Kier alpha value is -3.48. The number of carbonyl (C=O) groups excluding carboxylic acids is 1. The first kappa shape index (κ1) is 17.9. The summed E-state index contributed by atoms with van der Waals surface area (Å²) < 4.78 is 18.2. The summed E-state index contributed by atoms with van der Waals surface area (Å²) in [6.45, 7) is 0. The summed E-state index contributed by atoms with van der Waals surface area (Å²) in [6.07, 6.45) is 2.00. The van der Waals surface area contributed by atoms with E-state index in [-0.39, 0.29) is 11.8 Å². The van der Waals surface area contributed by atoms with Crippen molar-refractivity contribution in [2.45, 2.75) is 12.3 Å². The van der Waals surface area contributed by atoms with Gasteiger partial charge in [0.1, 0.15) is 29.4 Å². The third-order valence-corrected chi connectivity index (χ3v) is 4.93. The first-order chi connectivity index (χ1) is 13.7. The van der Waals surface area contributed by atoms with Crippen LogP contribution in [0.1, 0.15) is 23.6 Å². The van der Waals surface area contributed by atoms with Gasteiger partial charge in [0, 0.05) is 24.0 Å². The number of nitrogens with one attached hydrogen (secondary N) is 1. The zero-order valence-electron chi connectivity index (χ0n) is 15.9. The summed E-state index contributed by atoms with van der Waals surface area (Å²) in [5.74, 6) is 2.42. The minimum atomic E-state index is -0.197. The van der Waals surface area contributed by atoms with Gasteiger partial charge in [0.25, 0.3) is 0 Å². The zero-order valence-corrected chi connectivity index (χ0v) is 15.9. The van der Waals surface area contributed by atoms with Gasteiger partial charge in [0.2, 0.25) is 5.91 Å². The summed E-state index contributed by atoms with van der Waals surface area (Å²) in [6, 6.07) is 13.2. The lowest BCUT2D eigenvalue weighted by Gasteiger charge is -2.25. The number of benzene rings is 2. The van der Waals surface area contributed by atoms with Crippen molar-refractivity contribution < 1.29 is 19.0 Å². The number of rotatable bonds is 5. The molecule has 0 saturated heterocycles. The molecule has 0 spiro atoms. The van der Waals surface area contributed by atoms with Crippen LogP contribution < -0.4 is 19.5 Å². The van der Waals surface area contributed by atoms with E-state index in [2.05, 4.69) is 10.3 Å². The van der Waals surface area contributed by atoms with Crippen LogP contribution in [0.25, 0.3) is 5.69 Å². The Kier molecular flexibility index (Phi) is 4.65. The summed E-state index contributed by atoms with van der Waals surface area (Å²) in [4.78, 5) is 17.1. The van der Waals surface area contributed by atoms with Crippen molar-refractivity contribution in [2.24, 2.45) is 0 Å². The highest BCUT2D eigenvalue weighted by atomic mass is 16.5. The van der Waals surface area contributed by atoms with E-state index in [0.29, 0.717) is 23.7 Å². The van der Waals surface area contributed by atoms with Crippen molar-refractivity contribution in [1.82, 2.24) is 9.55 Å². The number of aromatic nitrogens is 2. The molecule has 7 heteroatoms. The van der Waals surface area contributed by atoms with E-state index < -0.39 is 0 Å². The summed E-state index contributed by atoms with van der Waals surface area (Å²) in [7, 11) is 4.84. The van der Waals surface area contributed by atoms with Crippen LogP contribution in [0.5, 0.6) is 17.2 Å². The topological polar surface area (TPSA) is 74.6 Å². The van der Waals surface area contributed by atoms with Gasteiger partial charge in [-0.2, -0.15) is 0 Å². The third-order valence-electron chi connectivity index (χ3n) is 4.93. The van der Waals surface area contributed by atoms with E-state index in [0.717, 1.165) is 22.7 Å². The minimum absolute atomic E-state index is 0.0768. The van der Waals surface area contributed by atoms with Gasteiger partial charge in [-0.05, 0) is 18.2 Å². The maximum absolute atomic E-state index is 12.5. The molecule has 1 aliphatic heterocycles. The van der Waals surface area contributed by atoms with E-state index in [4.69, 9.17) is 14.2 Å². The van der Waals surface area contributed by atoms with E-state index >= 15 is 0 Å². The first-order valence-electron chi connectivity index (χ1n) is 8.88. The number of para-hydroxylation sites is 1. The molecule has 4 rings (SSSR count). The van der Waals surface area contributed by atoms with Gasteiger partial charge in [-0.3, -0.25) is 9.36 Å². The Bertz CT molecular complexity index is 1030. The van der Waals surface area contributed by atoms with Crippen molar-refractivity contribution in [3.8, 4) is 22.9 Å². The number of amides is 1. The molecule has 0 radical (unpaired) electrons. The Morgan fingerprint density at radius 2 is 1.82 bits per heavy atom. The molecule has 7 nitrogen and oxygen atoms in total. The summed E-state index contributed by atoms with van der Waals surface area (Å²) in [5, 5.41) is 2.96. The molecule has 0 bridgehead atoms. The van der Waals surface area contributed by atoms with Crippen LogP contribution in [0, 0.1) is 0 Å². The second kappa shape index (κ2) is 7.26. The van der Waals surface area contributed by atoms with Gasteiger partial charge >= 0.3 is 0 Å². The van der Waals surface area contributed by atoms with Crippen LogP contribution in [0.15, 0.2) is 48.8 Å². The average molecular weight is 379 g/mol. The molecule has 2 aromatic carbocycles. The number of imidazole rings is 1. The average Bonchev–Trinajstić information content (AvgIpc) is 3.16. The first-order valence-corrected chi connectivity index (χ1v) is 8.88. The van der Waals surface area contributed by atoms with Gasteiger partial charge in [0.05, 0.1) is 32.7 Å². The van der Waals surface area contributed by atoms with E-state index in [1.165, 1.54) is 0 Å². The van der Waals surface area contributed by atoms with E-state index in [1.807, 2.05) is 47.0 Å². The Morgan fingerprint density at radius 1 is 1.04 bits per heavy atom. The Labute approximate surface area is 162 Å². The predicted molar refractivity (Wildman–Crippen MR) is 105 cm³/mol. The molecule has 1 aliphatic rings. The van der Waals surface area contributed by atoms with E-state index in [9.17, 15) is 4.79 Å². The summed E-state index contributed by atoms with van der Waals surface area (Å²) >= 11 is 0. The number of carbonyl (C=O) groups is 1. The van der Waals surface area contributed by atoms with Gasteiger partial charge in [-0.15, -0.1) is 0 Å². The highest BCUT2D eigenvalue weighted by Crippen LogP contribution is 2.41. The minimum Gasteiger partial charge on any atom is -0.497 e. The second-order valence-electron chi connectivity index (χ2n) is 6.43. The number of ether oxygens (including phenoxy) is 3. The number of nitrogens with zero attached hydrogens (tertiary/aromatic N) is 2. The van der Waals surface area contributed by atoms with Crippen molar-refractivity contribution >= 4 is 11.7 Å². The lowest BCUT2D eigenvalue weighted by molar-refractivity contribution is -0.116. The smallest absolute Gasteiger partial charge is 0.226 e. The zero-order chi connectivity index (χ0) is 19.7. The molecule has 0 aliphatic carbocycles. The molecule has 28 heavy (non-hydrogen) atoms. The van der Waals surface area contributed by atoms with Crippen LogP contribution in [-0.2, 0) is 4.79 Å². The molecule has 1 aromatic heterocycles. The number of hydrogen-bond acceptors (Lipinski definition) is 5. The molecule has 1 unspecified atom stereocenters. The van der Waals surface area contributed by atoms with Crippen LogP contribution >= 0.6 is 0 Å². The van der Waals surface area contributed by atoms with Crippen LogP contribution in [-0.4, -0.2) is 36.8 Å². The normalized spacial score (nSPS) is 15.5. The van der Waals surface area contributed by atoms with Gasteiger partial charge in [-0.25, -0.2) is 4.98 Å². The SMILES string of the molecule is COc1ccc(OC)c(-n2cnc3c2NC(=O)CC3c2ccccc2OC)c1. The number of hydrogen-bond donors (Lipinski definition) is 1. The fourth-order valence-corrected chi connectivity index (χ4v) is 3.59. The van der Waals surface area contributed by atoms with Crippen molar-refractivity contribution in [3.63, 3.8) is 0 Å². The molecule has 0 saturated carbocycles. The molecule has 1 N–H and O–H groups in total. The fourth-order valence-electron chi connectivity index (χ4n) is 3.59. The van der Waals surface area contributed by atoms with Crippen molar-refractivity contribution in [1.29, 1.82) is 0 Å². The standard InChI is InChI=1S/C21H21N3O4/c1-26-13-8-9-18(28-3)16(10-13)24-12-22-20-15(11-19(25)23-21(20)24)14-6-4-5-7-17(14)27-2/h4-10,12,15H,11H2,1-3H3,(H,23,25). The molecule has 1 amide bonds. The highest BCUT2D eigenvalue weighted by molar-refractivity contribution is 5.94. The second-order valence-corrected chi connectivity index (χ2v) is 6.43.